The highest BCUT2D eigenvalue weighted by Gasteiger charge is 2.20. The van der Waals surface area contributed by atoms with Gasteiger partial charge in [-0.15, -0.1) is 11.3 Å². The van der Waals surface area contributed by atoms with Gasteiger partial charge in [-0.25, -0.2) is 14.3 Å². The second kappa shape index (κ2) is 4.61. The zero-order valence-electron chi connectivity index (χ0n) is 11.1. The van der Waals surface area contributed by atoms with Gasteiger partial charge in [0.1, 0.15) is 5.15 Å². The molecule has 0 aliphatic carbocycles. The van der Waals surface area contributed by atoms with Gasteiger partial charge in [0, 0.05) is 10.8 Å². The predicted octanol–water partition coefficient (Wildman–Crippen LogP) is 2.24. The first-order chi connectivity index (χ1) is 8.71. The predicted molar refractivity (Wildman–Crippen MR) is 76.8 cm³/mol. The summed E-state index contributed by atoms with van der Waals surface area (Å²) < 4.78 is 1.01. The quantitative estimate of drug-likeness (QED) is 0.821. The van der Waals surface area contributed by atoms with Crippen molar-refractivity contribution >= 4 is 22.9 Å². The van der Waals surface area contributed by atoms with E-state index in [9.17, 15) is 9.59 Å². The molecule has 1 N–H and O–H groups in total. The van der Waals surface area contributed by atoms with Gasteiger partial charge >= 0.3 is 5.69 Å². The number of thiazole rings is 1. The molecule has 0 amide bonds. The number of hydrogen-bond acceptors (Lipinski definition) is 4. The van der Waals surface area contributed by atoms with E-state index in [0.717, 1.165) is 10.3 Å². The molecule has 0 bridgehead atoms. The summed E-state index contributed by atoms with van der Waals surface area (Å²) in [5.74, 6) is 0. The fraction of sp³-hybridized carbons (Fsp3) is 0.417. The van der Waals surface area contributed by atoms with Gasteiger partial charge in [0.2, 0.25) is 5.13 Å². The summed E-state index contributed by atoms with van der Waals surface area (Å²) in [5.41, 5.74) is -0.00814. The SMILES string of the molecule is Cc1c(Cl)[nH]c(=O)n(-c2nc(C(C)(C)C)cs2)c1=O. The first kappa shape index (κ1) is 14.0. The molecule has 0 radical (unpaired) electrons. The fourth-order valence-electron chi connectivity index (χ4n) is 1.48. The molecular formula is C12H14ClN3O2S. The van der Waals surface area contributed by atoms with Crippen molar-refractivity contribution in [1.82, 2.24) is 14.5 Å². The number of rotatable bonds is 1. The van der Waals surface area contributed by atoms with Crippen molar-refractivity contribution < 1.29 is 0 Å². The maximum absolute atomic E-state index is 12.1. The van der Waals surface area contributed by atoms with Crippen molar-refractivity contribution in [2.45, 2.75) is 33.1 Å². The third kappa shape index (κ3) is 2.50. The highest BCUT2D eigenvalue weighted by atomic mass is 35.5. The van der Waals surface area contributed by atoms with E-state index < -0.39 is 11.2 Å². The van der Waals surface area contributed by atoms with E-state index in [2.05, 4.69) is 9.97 Å². The largest absolute Gasteiger partial charge is 0.336 e. The highest BCUT2D eigenvalue weighted by Crippen LogP contribution is 2.24. The molecule has 102 valence electrons. The number of aromatic nitrogens is 3. The molecular weight excluding hydrogens is 286 g/mol. The standard InChI is InChI=1S/C12H14ClN3O2S/c1-6-8(13)15-10(18)16(9(6)17)11-14-7(5-19-11)12(2,3)4/h5H,1-4H3,(H,15,18). The molecule has 0 fully saturated rings. The summed E-state index contributed by atoms with van der Waals surface area (Å²) >= 11 is 7.03. The molecule has 2 aromatic rings. The summed E-state index contributed by atoms with van der Waals surface area (Å²) in [7, 11) is 0. The van der Waals surface area contributed by atoms with Gasteiger partial charge in [-0.1, -0.05) is 32.4 Å². The maximum atomic E-state index is 12.1. The molecule has 2 heterocycles. The molecule has 0 atom stereocenters. The molecule has 0 unspecified atom stereocenters. The second-order valence-corrected chi connectivity index (χ2v) is 6.49. The van der Waals surface area contributed by atoms with Gasteiger partial charge in [-0.3, -0.25) is 9.78 Å². The van der Waals surface area contributed by atoms with Crippen LogP contribution in [0.25, 0.3) is 5.13 Å². The van der Waals surface area contributed by atoms with Crippen LogP contribution < -0.4 is 11.2 Å². The Labute approximate surface area is 118 Å². The van der Waals surface area contributed by atoms with Crippen LogP contribution in [-0.4, -0.2) is 14.5 Å². The van der Waals surface area contributed by atoms with E-state index in [1.807, 2.05) is 26.2 Å². The summed E-state index contributed by atoms with van der Waals surface area (Å²) in [4.78, 5) is 30.8. The molecule has 0 aromatic carbocycles. The summed E-state index contributed by atoms with van der Waals surface area (Å²) in [6.07, 6.45) is 0. The lowest BCUT2D eigenvalue weighted by molar-refractivity contribution is 0.571. The Balaban J connectivity index is 2.67. The van der Waals surface area contributed by atoms with Crippen LogP contribution in [0.1, 0.15) is 32.0 Å². The van der Waals surface area contributed by atoms with Crippen LogP contribution in [0.2, 0.25) is 5.15 Å². The molecule has 0 aliphatic heterocycles. The molecule has 0 aliphatic rings. The third-order valence-corrected chi connectivity index (χ3v) is 3.93. The van der Waals surface area contributed by atoms with Crippen LogP contribution >= 0.6 is 22.9 Å². The monoisotopic (exact) mass is 299 g/mol. The van der Waals surface area contributed by atoms with E-state index in [1.165, 1.54) is 11.3 Å². The van der Waals surface area contributed by atoms with Crippen molar-refractivity contribution in [2.24, 2.45) is 0 Å². The summed E-state index contributed by atoms with van der Waals surface area (Å²) in [6, 6.07) is 0. The number of H-pyrrole nitrogens is 1. The zero-order chi connectivity index (χ0) is 14.4. The van der Waals surface area contributed by atoms with Crippen molar-refractivity contribution in [1.29, 1.82) is 0 Å². The van der Waals surface area contributed by atoms with Gasteiger partial charge in [0.05, 0.1) is 11.3 Å². The van der Waals surface area contributed by atoms with Crippen molar-refractivity contribution in [3.05, 3.63) is 42.6 Å². The lowest BCUT2D eigenvalue weighted by atomic mass is 9.93. The van der Waals surface area contributed by atoms with Crippen LogP contribution in [-0.2, 0) is 5.41 Å². The van der Waals surface area contributed by atoms with Crippen LogP contribution in [0.4, 0.5) is 0 Å². The Morgan fingerprint density at radius 3 is 2.53 bits per heavy atom. The van der Waals surface area contributed by atoms with E-state index in [1.54, 1.807) is 6.92 Å². The minimum Gasteiger partial charge on any atom is -0.297 e. The number of aromatic amines is 1. The van der Waals surface area contributed by atoms with Gasteiger partial charge in [0.15, 0.2) is 0 Å². The lowest BCUT2D eigenvalue weighted by Crippen LogP contribution is -2.35. The average molecular weight is 300 g/mol. The minimum atomic E-state index is -0.574. The van der Waals surface area contributed by atoms with Crippen LogP contribution in [0.5, 0.6) is 0 Å². The molecule has 5 nitrogen and oxygen atoms in total. The van der Waals surface area contributed by atoms with Gasteiger partial charge in [0.25, 0.3) is 5.56 Å². The Morgan fingerprint density at radius 1 is 1.37 bits per heavy atom. The topological polar surface area (TPSA) is 67.8 Å². The van der Waals surface area contributed by atoms with Gasteiger partial charge in [-0.05, 0) is 6.92 Å². The second-order valence-electron chi connectivity index (χ2n) is 5.28. The lowest BCUT2D eigenvalue weighted by Gasteiger charge is -2.14. The number of nitrogens with zero attached hydrogens (tertiary/aromatic N) is 2. The first-order valence-electron chi connectivity index (χ1n) is 5.69. The number of halogens is 1. The van der Waals surface area contributed by atoms with Crippen molar-refractivity contribution in [3.63, 3.8) is 0 Å². The zero-order valence-corrected chi connectivity index (χ0v) is 12.6. The first-order valence-corrected chi connectivity index (χ1v) is 6.95. The Kier molecular flexibility index (Phi) is 3.40. The summed E-state index contributed by atoms with van der Waals surface area (Å²) in [6.45, 7) is 7.62. The minimum absolute atomic E-state index is 0.0684. The maximum Gasteiger partial charge on any atom is 0.336 e. The van der Waals surface area contributed by atoms with E-state index in [0.29, 0.717) is 10.7 Å². The summed E-state index contributed by atoms with van der Waals surface area (Å²) in [5, 5.41) is 2.28. The third-order valence-electron chi connectivity index (χ3n) is 2.72. The number of hydrogen-bond donors (Lipinski definition) is 1. The highest BCUT2D eigenvalue weighted by molar-refractivity contribution is 7.12. The Morgan fingerprint density at radius 2 is 2.00 bits per heavy atom. The molecule has 0 spiro atoms. The Hall–Kier alpha value is -1.40. The van der Waals surface area contributed by atoms with Crippen molar-refractivity contribution in [2.75, 3.05) is 0 Å². The normalized spacial score (nSPS) is 11.8. The van der Waals surface area contributed by atoms with Crippen LogP contribution in [0.3, 0.4) is 0 Å². The fourth-order valence-corrected chi connectivity index (χ4v) is 2.69. The average Bonchev–Trinajstić information content (AvgIpc) is 2.75. The molecule has 2 rings (SSSR count). The van der Waals surface area contributed by atoms with Gasteiger partial charge < -0.3 is 0 Å². The molecule has 0 saturated heterocycles. The molecule has 0 saturated carbocycles. The van der Waals surface area contributed by atoms with Crippen molar-refractivity contribution in [3.8, 4) is 5.13 Å². The molecule has 19 heavy (non-hydrogen) atoms. The van der Waals surface area contributed by atoms with Crippen LogP contribution in [0.15, 0.2) is 15.0 Å². The van der Waals surface area contributed by atoms with Crippen LogP contribution in [0, 0.1) is 6.92 Å². The van der Waals surface area contributed by atoms with E-state index >= 15 is 0 Å². The van der Waals surface area contributed by atoms with E-state index in [4.69, 9.17) is 11.6 Å². The Bertz CT molecular complexity index is 737. The number of nitrogens with one attached hydrogen (secondary N) is 1. The van der Waals surface area contributed by atoms with E-state index in [-0.39, 0.29) is 10.6 Å². The molecule has 2 aromatic heterocycles. The molecule has 7 heteroatoms. The smallest absolute Gasteiger partial charge is 0.297 e. The van der Waals surface area contributed by atoms with Gasteiger partial charge in [-0.2, -0.15) is 0 Å².